The van der Waals surface area contributed by atoms with Gasteiger partial charge in [0.1, 0.15) is 5.75 Å². The number of benzene rings is 6. The molecule has 0 spiro atoms. The number of rotatable bonds is 5. The van der Waals surface area contributed by atoms with E-state index in [4.69, 9.17) is 0 Å². The molecule has 6 aromatic carbocycles. The standard InChI is InChI=1S/C36H26O/c37-33-24-14-13-23-30(33)32-25-31(26-15-5-1-6-16-26)34(27-17-7-2-8-18-27)36(29-21-11-4-12-22-29)35(32)28-19-9-3-10-20-28/h1-25,37H. The Kier molecular flexibility index (Phi) is 6.10. The van der Waals surface area contributed by atoms with Crippen LogP contribution in [0.3, 0.4) is 0 Å². The molecule has 0 aromatic heterocycles. The first-order valence-corrected chi connectivity index (χ1v) is 12.5. The zero-order valence-corrected chi connectivity index (χ0v) is 20.4. The van der Waals surface area contributed by atoms with Crippen molar-refractivity contribution in [1.29, 1.82) is 0 Å². The van der Waals surface area contributed by atoms with Crippen LogP contribution in [0.4, 0.5) is 0 Å². The van der Waals surface area contributed by atoms with E-state index < -0.39 is 0 Å². The number of hydrogen-bond acceptors (Lipinski definition) is 1. The maximum atomic E-state index is 11.0. The maximum absolute atomic E-state index is 11.0. The lowest BCUT2D eigenvalue weighted by molar-refractivity contribution is 0.477. The highest BCUT2D eigenvalue weighted by Gasteiger charge is 2.24. The first kappa shape index (κ1) is 22.6. The van der Waals surface area contributed by atoms with Crippen molar-refractivity contribution >= 4 is 0 Å². The van der Waals surface area contributed by atoms with Gasteiger partial charge in [-0.15, -0.1) is 0 Å². The number of phenolic OH excluding ortho intramolecular Hbond substituents is 1. The molecule has 37 heavy (non-hydrogen) atoms. The highest BCUT2D eigenvalue weighted by molar-refractivity contribution is 6.07. The molecule has 6 aromatic rings. The van der Waals surface area contributed by atoms with Crippen LogP contribution in [-0.4, -0.2) is 5.11 Å². The van der Waals surface area contributed by atoms with Crippen LogP contribution in [0.25, 0.3) is 55.6 Å². The van der Waals surface area contributed by atoms with Crippen LogP contribution in [-0.2, 0) is 0 Å². The summed E-state index contributed by atoms with van der Waals surface area (Å²) in [5.74, 6) is 0.269. The van der Waals surface area contributed by atoms with Crippen molar-refractivity contribution in [3.63, 3.8) is 0 Å². The van der Waals surface area contributed by atoms with E-state index in [-0.39, 0.29) is 5.75 Å². The lowest BCUT2D eigenvalue weighted by Gasteiger charge is -2.24. The van der Waals surface area contributed by atoms with Gasteiger partial charge in [-0.3, -0.25) is 0 Å². The van der Waals surface area contributed by atoms with Crippen LogP contribution in [0.5, 0.6) is 5.75 Å². The van der Waals surface area contributed by atoms with Gasteiger partial charge in [0.25, 0.3) is 0 Å². The lowest BCUT2D eigenvalue weighted by Crippen LogP contribution is -1.98. The van der Waals surface area contributed by atoms with Crippen molar-refractivity contribution in [3.05, 3.63) is 152 Å². The van der Waals surface area contributed by atoms with Crippen molar-refractivity contribution in [3.8, 4) is 61.4 Å². The molecule has 0 amide bonds. The molecule has 0 radical (unpaired) electrons. The van der Waals surface area contributed by atoms with Crippen LogP contribution in [0.2, 0.25) is 0 Å². The second kappa shape index (κ2) is 10.0. The molecule has 0 aliphatic rings. The smallest absolute Gasteiger partial charge is 0.123 e. The van der Waals surface area contributed by atoms with Crippen LogP contribution >= 0.6 is 0 Å². The minimum atomic E-state index is 0.269. The Balaban J connectivity index is 1.86. The van der Waals surface area contributed by atoms with Crippen molar-refractivity contribution in [2.45, 2.75) is 0 Å². The molecular weight excluding hydrogens is 448 g/mol. The average Bonchev–Trinajstić information content (AvgIpc) is 2.98. The highest BCUT2D eigenvalue weighted by atomic mass is 16.3. The maximum Gasteiger partial charge on any atom is 0.123 e. The normalized spacial score (nSPS) is 10.8. The van der Waals surface area contributed by atoms with Crippen molar-refractivity contribution in [1.82, 2.24) is 0 Å². The van der Waals surface area contributed by atoms with E-state index in [0.29, 0.717) is 0 Å². The topological polar surface area (TPSA) is 20.2 Å². The lowest BCUT2D eigenvalue weighted by atomic mass is 9.79. The molecule has 1 heteroatoms. The van der Waals surface area contributed by atoms with E-state index in [1.54, 1.807) is 6.07 Å². The summed E-state index contributed by atoms with van der Waals surface area (Å²) in [6.45, 7) is 0. The van der Waals surface area contributed by atoms with Gasteiger partial charge in [-0.05, 0) is 62.2 Å². The SMILES string of the molecule is Oc1ccccc1-c1cc(-c2ccccc2)c(-c2ccccc2)c(-c2ccccc2)c1-c1ccccc1. The Morgan fingerprint density at radius 3 is 1.16 bits per heavy atom. The van der Waals surface area contributed by atoms with Gasteiger partial charge in [0.05, 0.1) is 0 Å². The third-order valence-corrected chi connectivity index (χ3v) is 6.79. The third kappa shape index (κ3) is 4.32. The molecule has 1 N–H and O–H groups in total. The highest BCUT2D eigenvalue weighted by Crippen LogP contribution is 2.51. The molecule has 0 saturated heterocycles. The van der Waals surface area contributed by atoms with Gasteiger partial charge in [-0.2, -0.15) is 0 Å². The van der Waals surface area contributed by atoms with Crippen molar-refractivity contribution in [2.75, 3.05) is 0 Å². The third-order valence-electron chi connectivity index (χ3n) is 6.79. The Morgan fingerprint density at radius 1 is 0.297 bits per heavy atom. The molecule has 0 bridgehead atoms. The van der Waals surface area contributed by atoms with Crippen LogP contribution < -0.4 is 0 Å². The van der Waals surface area contributed by atoms with Gasteiger partial charge in [0.15, 0.2) is 0 Å². The van der Waals surface area contributed by atoms with E-state index in [1.807, 2.05) is 30.3 Å². The molecule has 0 atom stereocenters. The van der Waals surface area contributed by atoms with E-state index >= 15 is 0 Å². The summed E-state index contributed by atoms with van der Waals surface area (Å²) in [6.07, 6.45) is 0. The summed E-state index contributed by atoms with van der Waals surface area (Å²) >= 11 is 0. The summed E-state index contributed by atoms with van der Waals surface area (Å²) < 4.78 is 0. The Labute approximate surface area is 218 Å². The van der Waals surface area contributed by atoms with Crippen LogP contribution in [0, 0.1) is 0 Å². The van der Waals surface area contributed by atoms with Crippen molar-refractivity contribution < 1.29 is 5.11 Å². The van der Waals surface area contributed by atoms with E-state index in [1.165, 1.54) is 5.56 Å². The molecule has 6 rings (SSSR count). The zero-order chi connectivity index (χ0) is 25.0. The van der Waals surface area contributed by atoms with E-state index in [2.05, 4.69) is 115 Å². The molecule has 0 aliphatic heterocycles. The minimum Gasteiger partial charge on any atom is -0.507 e. The molecule has 0 saturated carbocycles. The average molecular weight is 475 g/mol. The van der Waals surface area contributed by atoms with Gasteiger partial charge < -0.3 is 5.11 Å². The van der Waals surface area contributed by atoms with Gasteiger partial charge in [0, 0.05) is 5.56 Å². The predicted octanol–water partition coefficient (Wildman–Crippen LogP) is 9.73. The summed E-state index contributed by atoms with van der Waals surface area (Å²) in [7, 11) is 0. The fraction of sp³-hybridized carbons (Fsp3) is 0. The number of hydrogen-bond donors (Lipinski definition) is 1. The molecule has 0 aliphatic carbocycles. The Hall–Kier alpha value is -4.88. The molecule has 176 valence electrons. The molecule has 0 heterocycles. The summed E-state index contributed by atoms with van der Waals surface area (Å²) in [5, 5.41) is 11.0. The molecule has 0 unspecified atom stereocenters. The van der Waals surface area contributed by atoms with Crippen LogP contribution in [0.15, 0.2) is 152 Å². The van der Waals surface area contributed by atoms with Gasteiger partial charge in [-0.25, -0.2) is 0 Å². The largest absolute Gasteiger partial charge is 0.507 e. The monoisotopic (exact) mass is 474 g/mol. The number of para-hydroxylation sites is 1. The van der Waals surface area contributed by atoms with Gasteiger partial charge >= 0.3 is 0 Å². The molecule has 1 nitrogen and oxygen atoms in total. The fourth-order valence-electron chi connectivity index (χ4n) is 5.15. The Morgan fingerprint density at radius 2 is 0.676 bits per heavy atom. The summed E-state index contributed by atoms with van der Waals surface area (Å²) in [4.78, 5) is 0. The predicted molar refractivity (Wildman–Crippen MR) is 155 cm³/mol. The van der Waals surface area contributed by atoms with Gasteiger partial charge in [0.2, 0.25) is 0 Å². The first-order chi connectivity index (χ1) is 18.3. The van der Waals surface area contributed by atoms with Crippen molar-refractivity contribution in [2.24, 2.45) is 0 Å². The Bertz CT molecular complexity index is 1640. The first-order valence-electron chi connectivity index (χ1n) is 12.5. The van der Waals surface area contributed by atoms with E-state index in [0.717, 1.165) is 50.1 Å². The second-order valence-corrected chi connectivity index (χ2v) is 9.08. The van der Waals surface area contributed by atoms with E-state index in [9.17, 15) is 5.11 Å². The number of phenols is 1. The molecular formula is C36H26O. The van der Waals surface area contributed by atoms with Gasteiger partial charge in [-0.1, -0.05) is 140 Å². The summed E-state index contributed by atoms with van der Waals surface area (Å²) in [5.41, 5.74) is 10.9. The second-order valence-electron chi connectivity index (χ2n) is 9.08. The molecule has 0 fully saturated rings. The quantitative estimate of drug-likeness (QED) is 0.264. The summed E-state index contributed by atoms with van der Waals surface area (Å²) in [6, 6.07) is 52.1. The van der Waals surface area contributed by atoms with Crippen LogP contribution in [0.1, 0.15) is 0 Å². The number of aromatic hydroxyl groups is 1. The zero-order valence-electron chi connectivity index (χ0n) is 20.4. The minimum absolute atomic E-state index is 0.269. The fourth-order valence-corrected chi connectivity index (χ4v) is 5.15.